The highest BCUT2D eigenvalue weighted by atomic mass is 127. The van der Waals surface area contributed by atoms with E-state index < -0.39 is 0 Å². The number of hydrogen-bond acceptors (Lipinski definition) is 4. The number of hydrogen-bond donors (Lipinski definition) is 2. The lowest BCUT2D eigenvalue weighted by molar-refractivity contribution is 0.307. The minimum absolute atomic E-state index is 0. The molecule has 0 aromatic heterocycles. The summed E-state index contributed by atoms with van der Waals surface area (Å²) in [4.78, 5) is 4.61. The maximum absolute atomic E-state index is 5.79. The van der Waals surface area contributed by atoms with Crippen LogP contribution in [-0.4, -0.2) is 45.9 Å². The number of guanidine groups is 1. The van der Waals surface area contributed by atoms with Crippen LogP contribution in [0.15, 0.2) is 35.3 Å². The highest BCUT2D eigenvalue weighted by Gasteiger charge is 2.11. The van der Waals surface area contributed by atoms with Crippen LogP contribution in [-0.2, 0) is 0 Å². The molecule has 1 aromatic rings. The third-order valence-electron chi connectivity index (χ3n) is 3.86. The minimum Gasteiger partial charge on any atom is -0.496 e. The predicted molar refractivity (Wildman–Crippen MR) is 116 cm³/mol. The summed E-state index contributed by atoms with van der Waals surface area (Å²) in [6.45, 7) is 4.22. The fourth-order valence-electron chi connectivity index (χ4n) is 2.56. The van der Waals surface area contributed by atoms with Crippen molar-refractivity contribution in [2.45, 2.75) is 32.2 Å². The maximum atomic E-state index is 5.79. The quantitative estimate of drug-likeness (QED) is 0.189. The van der Waals surface area contributed by atoms with E-state index in [1.165, 1.54) is 0 Å². The molecule has 0 saturated carbocycles. The molecule has 7 heteroatoms. The van der Waals surface area contributed by atoms with Gasteiger partial charge in [0.2, 0.25) is 0 Å². The Balaban J connectivity index is 0.00000338. The highest BCUT2D eigenvalue weighted by molar-refractivity contribution is 14.0. The molecule has 0 bridgehead atoms. The van der Waals surface area contributed by atoms with Crippen LogP contribution in [0.2, 0.25) is 0 Å². The van der Waals surface area contributed by atoms with E-state index >= 15 is 0 Å². The molecule has 0 spiro atoms. The van der Waals surface area contributed by atoms with E-state index in [-0.39, 0.29) is 24.0 Å². The van der Waals surface area contributed by atoms with E-state index in [4.69, 9.17) is 14.2 Å². The van der Waals surface area contributed by atoms with Crippen molar-refractivity contribution in [3.8, 4) is 17.2 Å². The van der Waals surface area contributed by atoms with Crippen molar-refractivity contribution in [3.63, 3.8) is 0 Å². The highest BCUT2D eigenvalue weighted by Crippen LogP contribution is 2.27. The Labute approximate surface area is 173 Å². The molecule has 1 aliphatic rings. The van der Waals surface area contributed by atoms with Crippen LogP contribution in [0, 0.1) is 0 Å². The molecule has 1 aliphatic carbocycles. The first kappa shape index (κ1) is 22.4. The Morgan fingerprint density at radius 2 is 1.69 bits per heavy atom. The number of ether oxygens (including phenoxy) is 3. The van der Waals surface area contributed by atoms with Gasteiger partial charge in [-0.1, -0.05) is 12.2 Å². The molecule has 2 rings (SSSR count). The second-order valence-corrected chi connectivity index (χ2v) is 5.80. The third-order valence-corrected chi connectivity index (χ3v) is 3.86. The molecule has 26 heavy (non-hydrogen) atoms. The van der Waals surface area contributed by atoms with Crippen LogP contribution in [0.5, 0.6) is 17.2 Å². The number of halogens is 1. The van der Waals surface area contributed by atoms with Crippen molar-refractivity contribution >= 4 is 29.9 Å². The van der Waals surface area contributed by atoms with Crippen molar-refractivity contribution in [3.05, 3.63) is 30.4 Å². The lowest BCUT2D eigenvalue weighted by atomic mass is 10.2. The van der Waals surface area contributed by atoms with Gasteiger partial charge in [0.15, 0.2) is 5.96 Å². The summed E-state index contributed by atoms with van der Waals surface area (Å²) in [6.07, 6.45) is 7.37. The normalized spacial score (nSPS) is 13.9. The van der Waals surface area contributed by atoms with Crippen LogP contribution in [0.25, 0.3) is 0 Å². The Morgan fingerprint density at radius 3 is 2.27 bits per heavy atom. The number of nitrogens with zero attached hydrogens (tertiary/aromatic N) is 1. The van der Waals surface area contributed by atoms with E-state index in [0.29, 0.717) is 19.2 Å². The van der Waals surface area contributed by atoms with E-state index in [9.17, 15) is 0 Å². The standard InChI is InChI=1S/C19H29N3O3.HI/c1-4-20-19(22-15-8-5-6-9-15)21-10-7-11-25-18-13-16(23-2)12-17(14-18)24-3;/h5-6,12-15H,4,7-11H2,1-3H3,(H2,20,21,22);1H. The first-order chi connectivity index (χ1) is 12.2. The van der Waals surface area contributed by atoms with Gasteiger partial charge in [-0.15, -0.1) is 24.0 Å². The number of nitrogens with one attached hydrogen (secondary N) is 2. The van der Waals surface area contributed by atoms with Gasteiger partial charge >= 0.3 is 0 Å². The lowest BCUT2D eigenvalue weighted by Crippen LogP contribution is -2.42. The molecule has 0 unspecified atom stereocenters. The molecule has 0 amide bonds. The zero-order valence-electron chi connectivity index (χ0n) is 15.8. The minimum atomic E-state index is 0. The van der Waals surface area contributed by atoms with Gasteiger partial charge < -0.3 is 24.8 Å². The zero-order chi connectivity index (χ0) is 17.9. The Hall–Kier alpha value is -1.64. The van der Waals surface area contributed by atoms with Gasteiger partial charge in [0.1, 0.15) is 17.2 Å². The van der Waals surface area contributed by atoms with Crippen molar-refractivity contribution < 1.29 is 14.2 Å². The molecular weight excluding hydrogens is 445 g/mol. The van der Waals surface area contributed by atoms with Gasteiger partial charge in [-0.05, 0) is 19.8 Å². The van der Waals surface area contributed by atoms with Crippen LogP contribution in [0.3, 0.4) is 0 Å². The third kappa shape index (κ3) is 7.72. The number of rotatable bonds is 9. The summed E-state index contributed by atoms with van der Waals surface area (Å²) >= 11 is 0. The first-order valence-corrected chi connectivity index (χ1v) is 8.81. The predicted octanol–water partition coefficient (Wildman–Crippen LogP) is 3.36. The summed E-state index contributed by atoms with van der Waals surface area (Å²) in [5.74, 6) is 3.05. The molecule has 0 fully saturated rings. The summed E-state index contributed by atoms with van der Waals surface area (Å²) in [6, 6.07) is 5.98. The fourth-order valence-corrected chi connectivity index (χ4v) is 2.56. The van der Waals surface area contributed by atoms with Gasteiger partial charge in [-0.25, -0.2) is 0 Å². The van der Waals surface area contributed by atoms with Crippen LogP contribution in [0.4, 0.5) is 0 Å². The first-order valence-electron chi connectivity index (χ1n) is 8.81. The number of benzene rings is 1. The Morgan fingerprint density at radius 1 is 1.08 bits per heavy atom. The second-order valence-electron chi connectivity index (χ2n) is 5.80. The van der Waals surface area contributed by atoms with Gasteiger partial charge in [-0.2, -0.15) is 0 Å². The van der Waals surface area contributed by atoms with Gasteiger partial charge in [0.05, 0.1) is 20.8 Å². The van der Waals surface area contributed by atoms with E-state index in [1.807, 2.05) is 18.2 Å². The maximum Gasteiger partial charge on any atom is 0.191 e. The molecular formula is C19H30IN3O3. The van der Waals surface area contributed by atoms with Crippen molar-refractivity contribution in [2.24, 2.45) is 4.99 Å². The smallest absolute Gasteiger partial charge is 0.191 e. The number of aliphatic imine (C=N–C) groups is 1. The van der Waals surface area contributed by atoms with Crippen LogP contribution in [0.1, 0.15) is 26.2 Å². The van der Waals surface area contributed by atoms with E-state index in [1.54, 1.807) is 14.2 Å². The van der Waals surface area contributed by atoms with E-state index in [2.05, 4.69) is 34.7 Å². The topological polar surface area (TPSA) is 64.1 Å². The molecule has 2 N–H and O–H groups in total. The molecule has 0 aliphatic heterocycles. The van der Waals surface area contributed by atoms with Crippen molar-refractivity contribution in [2.75, 3.05) is 33.9 Å². The summed E-state index contributed by atoms with van der Waals surface area (Å²) in [5, 5.41) is 6.74. The van der Waals surface area contributed by atoms with Crippen LogP contribution < -0.4 is 24.8 Å². The summed E-state index contributed by atoms with van der Waals surface area (Å²) in [5.41, 5.74) is 0. The lowest BCUT2D eigenvalue weighted by Gasteiger charge is -2.16. The zero-order valence-corrected chi connectivity index (χ0v) is 18.1. The monoisotopic (exact) mass is 475 g/mol. The van der Waals surface area contributed by atoms with Gasteiger partial charge in [0, 0.05) is 43.8 Å². The molecule has 0 saturated heterocycles. The molecule has 0 atom stereocenters. The molecule has 1 aromatic carbocycles. The average molecular weight is 475 g/mol. The van der Waals surface area contributed by atoms with Crippen molar-refractivity contribution in [1.82, 2.24) is 10.6 Å². The molecule has 146 valence electrons. The molecule has 0 heterocycles. The summed E-state index contributed by atoms with van der Waals surface area (Å²) < 4.78 is 16.3. The SMILES string of the molecule is CCNC(=NCCCOc1cc(OC)cc(OC)c1)NC1CC=CC1.I. The largest absolute Gasteiger partial charge is 0.496 e. The van der Waals surface area contributed by atoms with Gasteiger partial charge in [0.25, 0.3) is 0 Å². The second kappa shape index (κ2) is 12.7. The molecule has 0 radical (unpaired) electrons. The van der Waals surface area contributed by atoms with Crippen LogP contribution >= 0.6 is 24.0 Å². The fraction of sp³-hybridized carbons (Fsp3) is 0.526. The Bertz CT molecular complexity index is 563. The Kier molecular flexibility index (Phi) is 10.9. The summed E-state index contributed by atoms with van der Waals surface area (Å²) in [7, 11) is 3.25. The van der Waals surface area contributed by atoms with Crippen molar-refractivity contribution in [1.29, 1.82) is 0 Å². The van der Waals surface area contributed by atoms with E-state index in [0.717, 1.165) is 49.0 Å². The van der Waals surface area contributed by atoms with Gasteiger partial charge in [-0.3, -0.25) is 4.99 Å². The average Bonchev–Trinajstić information content (AvgIpc) is 3.14. The molecule has 6 nitrogen and oxygen atoms in total. The number of methoxy groups -OCH3 is 2.